The van der Waals surface area contributed by atoms with Gasteiger partial charge in [-0.15, -0.1) is 0 Å². The third-order valence-electron chi connectivity index (χ3n) is 3.78. The molecule has 0 saturated carbocycles. The van der Waals surface area contributed by atoms with Gasteiger partial charge < -0.3 is 10.1 Å². The molecule has 4 nitrogen and oxygen atoms in total. The molecule has 0 aliphatic carbocycles. The number of hydrogen-bond donors (Lipinski definition) is 1. The van der Waals surface area contributed by atoms with Gasteiger partial charge in [0, 0.05) is 6.04 Å². The molecular formula is C20H22N2O2. The number of carbonyl (C=O) groups is 1. The fraction of sp³-hybridized carbons (Fsp3) is 0.300. The van der Waals surface area contributed by atoms with Crippen molar-refractivity contribution in [1.82, 2.24) is 5.32 Å². The van der Waals surface area contributed by atoms with Crippen LogP contribution in [-0.4, -0.2) is 18.1 Å². The number of ether oxygens (including phenoxy) is 1. The number of nitriles is 1. The molecule has 0 bridgehead atoms. The smallest absolute Gasteiger partial charge is 0.260 e. The molecule has 2 rings (SSSR count). The molecule has 2 aromatic rings. The van der Waals surface area contributed by atoms with E-state index < -0.39 is 6.10 Å². The maximum absolute atomic E-state index is 12.2. The van der Waals surface area contributed by atoms with Crippen LogP contribution in [0.4, 0.5) is 0 Å². The molecule has 0 aromatic heterocycles. The average Bonchev–Trinajstić information content (AvgIpc) is 2.61. The van der Waals surface area contributed by atoms with Crippen LogP contribution in [0.2, 0.25) is 0 Å². The van der Waals surface area contributed by atoms with E-state index in [4.69, 9.17) is 10.00 Å². The standard InChI is InChI=1S/C20H22N2O2/c1-15(12-13-17-8-4-3-5-9-17)22-20(23)16(2)24-19-11-7-6-10-18(19)14-21/h3-11,15-16H,12-13H2,1-2H3,(H,22,23)/t15-,16+/m0/s1. The van der Waals surface area contributed by atoms with Gasteiger partial charge in [-0.1, -0.05) is 42.5 Å². The van der Waals surface area contributed by atoms with Crippen LogP contribution in [-0.2, 0) is 11.2 Å². The Morgan fingerprint density at radius 1 is 1.12 bits per heavy atom. The highest BCUT2D eigenvalue weighted by Gasteiger charge is 2.18. The number of benzene rings is 2. The summed E-state index contributed by atoms with van der Waals surface area (Å²) in [5.74, 6) is 0.253. The van der Waals surface area contributed by atoms with Gasteiger partial charge in [0.05, 0.1) is 5.56 Å². The molecule has 1 amide bonds. The molecule has 0 unspecified atom stereocenters. The highest BCUT2D eigenvalue weighted by molar-refractivity contribution is 5.81. The van der Waals surface area contributed by atoms with E-state index >= 15 is 0 Å². The van der Waals surface area contributed by atoms with Crippen molar-refractivity contribution in [2.24, 2.45) is 0 Å². The zero-order valence-corrected chi connectivity index (χ0v) is 14.0. The summed E-state index contributed by atoms with van der Waals surface area (Å²) in [4.78, 5) is 12.2. The van der Waals surface area contributed by atoms with Crippen molar-refractivity contribution < 1.29 is 9.53 Å². The number of carbonyl (C=O) groups excluding carboxylic acids is 1. The van der Waals surface area contributed by atoms with Crippen molar-refractivity contribution in [1.29, 1.82) is 5.26 Å². The van der Waals surface area contributed by atoms with Crippen LogP contribution < -0.4 is 10.1 Å². The largest absolute Gasteiger partial charge is 0.480 e. The second kappa shape index (κ2) is 8.73. The first-order valence-electron chi connectivity index (χ1n) is 8.10. The third kappa shape index (κ3) is 5.13. The topological polar surface area (TPSA) is 62.1 Å². The van der Waals surface area contributed by atoms with Gasteiger partial charge in [0.15, 0.2) is 6.10 Å². The first-order chi connectivity index (χ1) is 11.6. The Morgan fingerprint density at radius 2 is 1.79 bits per heavy atom. The van der Waals surface area contributed by atoms with Crippen LogP contribution in [0, 0.1) is 11.3 Å². The molecule has 24 heavy (non-hydrogen) atoms. The van der Waals surface area contributed by atoms with Crippen LogP contribution in [0.1, 0.15) is 31.4 Å². The second-order valence-corrected chi connectivity index (χ2v) is 5.80. The van der Waals surface area contributed by atoms with Gasteiger partial charge in [0.2, 0.25) is 0 Å². The molecular weight excluding hydrogens is 300 g/mol. The van der Waals surface area contributed by atoms with E-state index in [0.717, 1.165) is 12.8 Å². The van der Waals surface area contributed by atoms with E-state index in [0.29, 0.717) is 11.3 Å². The molecule has 2 aromatic carbocycles. The Hall–Kier alpha value is -2.80. The number of rotatable bonds is 7. The number of amides is 1. The Kier molecular flexibility index (Phi) is 6.39. The van der Waals surface area contributed by atoms with Crippen LogP contribution in [0.15, 0.2) is 54.6 Å². The second-order valence-electron chi connectivity index (χ2n) is 5.80. The summed E-state index contributed by atoms with van der Waals surface area (Å²) in [5, 5.41) is 12.0. The monoisotopic (exact) mass is 322 g/mol. The van der Waals surface area contributed by atoms with Crippen LogP contribution >= 0.6 is 0 Å². The minimum absolute atomic E-state index is 0.0509. The van der Waals surface area contributed by atoms with E-state index in [2.05, 4.69) is 23.5 Å². The molecule has 2 atom stereocenters. The zero-order valence-electron chi connectivity index (χ0n) is 14.0. The normalized spacial score (nSPS) is 12.7. The maximum atomic E-state index is 12.2. The lowest BCUT2D eigenvalue weighted by Crippen LogP contribution is -2.41. The third-order valence-corrected chi connectivity index (χ3v) is 3.78. The molecule has 124 valence electrons. The summed E-state index contributed by atoms with van der Waals surface area (Å²) in [6.07, 6.45) is 1.12. The van der Waals surface area contributed by atoms with Gasteiger partial charge in [0.1, 0.15) is 11.8 Å². The SMILES string of the molecule is C[C@@H](CCc1ccccc1)NC(=O)[C@@H](C)Oc1ccccc1C#N. The zero-order chi connectivity index (χ0) is 17.4. The predicted molar refractivity (Wildman–Crippen MR) is 93.6 cm³/mol. The van der Waals surface area contributed by atoms with E-state index in [1.165, 1.54) is 5.56 Å². The molecule has 0 aliphatic heterocycles. The van der Waals surface area contributed by atoms with Gasteiger partial charge in [0.25, 0.3) is 5.91 Å². The Balaban J connectivity index is 1.83. The Labute approximate surface area is 143 Å². The predicted octanol–water partition coefficient (Wildman–Crippen LogP) is 3.46. The Bertz CT molecular complexity index is 707. The fourth-order valence-corrected chi connectivity index (χ4v) is 2.37. The highest BCUT2D eigenvalue weighted by Crippen LogP contribution is 2.18. The van der Waals surface area contributed by atoms with Gasteiger partial charge in [-0.05, 0) is 44.4 Å². The minimum Gasteiger partial charge on any atom is -0.480 e. The van der Waals surface area contributed by atoms with Crippen molar-refractivity contribution in [3.8, 4) is 11.8 Å². The molecule has 0 saturated heterocycles. The molecule has 0 aliphatic rings. The van der Waals surface area contributed by atoms with Gasteiger partial charge in [-0.25, -0.2) is 0 Å². The molecule has 0 radical (unpaired) electrons. The first kappa shape index (κ1) is 17.6. The molecule has 4 heteroatoms. The van der Waals surface area contributed by atoms with E-state index in [9.17, 15) is 4.79 Å². The lowest BCUT2D eigenvalue weighted by atomic mass is 10.1. The molecule has 1 N–H and O–H groups in total. The summed E-state index contributed by atoms with van der Waals surface area (Å²) < 4.78 is 5.63. The van der Waals surface area contributed by atoms with E-state index in [1.54, 1.807) is 31.2 Å². The molecule has 0 heterocycles. The summed E-state index contributed by atoms with van der Waals surface area (Å²) in [7, 11) is 0. The maximum Gasteiger partial charge on any atom is 0.260 e. The summed E-state index contributed by atoms with van der Waals surface area (Å²) >= 11 is 0. The highest BCUT2D eigenvalue weighted by atomic mass is 16.5. The first-order valence-corrected chi connectivity index (χ1v) is 8.10. The van der Waals surface area contributed by atoms with Crippen molar-refractivity contribution in [2.75, 3.05) is 0 Å². The van der Waals surface area contributed by atoms with Gasteiger partial charge in [-0.2, -0.15) is 5.26 Å². The van der Waals surface area contributed by atoms with Crippen LogP contribution in [0.3, 0.4) is 0 Å². The summed E-state index contributed by atoms with van der Waals surface area (Å²) in [6.45, 7) is 3.67. The number of nitrogens with one attached hydrogen (secondary N) is 1. The fourth-order valence-electron chi connectivity index (χ4n) is 2.37. The van der Waals surface area contributed by atoms with Crippen LogP contribution in [0.5, 0.6) is 5.75 Å². The lowest BCUT2D eigenvalue weighted by Gasteiger charge is -2.19. The molecule has 0 spiro atoms. The van der Waals surface area contributed by atoms with E-state index in [-0.39, 0.29) is 11.9 Å². The van der Waals surface area contributed by atoms with Crippen molar-refractivity contribution in [3.05, 3.63) is 65.7 Å². The summed E-state index contributed by atoms with van der Waals surface area (Å²) in [6, 6.07) is 19.2. The Morgan fingerprint density at radius 3 is 2.50 bits per heavy atom. The van der Waals surface area contributed by atoms with Crippen LogP contribution in [0.25, 0.3) is 0 Å². The number of para-hydroxylation sites is 1. The average molecular weight is 322 g/mol. The number of aryl methyl sites for hydroxylation is 1. The number of hydrogen-bond acceptors (Lipinski definition) is 3. The van der Waals surface area contributed by atoms with Gasteiger partial charge >= 0.3 is 0 Å². The van der Waals surface area contributed by atoms with Crippen molar-refractivity contribution in [2.45, 2.75) is 38.8 Å². The summed E-state index contributed by atoms with van der Waals surface area (Å²) in [5.41, 5.74) is 1.68. The lowest BCUT2D eigenvalue weighted by molar-refractivity contribution is -0.127. The minimum atomic E-state index is -0.654. The van der Waals surface area contributed by atoms with Gasteiger partial charge in [-0.3, -0.25) is 4.79 Å². The van der Waals surface area contributed by atoms with E-state index in [1.807, 2.05) is 25.1 Å². The van der Waals surface area contributed by atoms with Crippen molar-refractivity contribution in [3.63, 3.8) is 0 Å². The quantitative estimate of drug-likeness (QED) is 0.849. The molecule has 0 fully saturated rings. The van der Waals surface area contributed by atoms with Crippen molar-refractivity contribution >= 4 is 5.91 Å². The number of nitrogens with zero attached hydrogens (tertiary/aromatic N) is 1.